The molecule has 3 aromatic rings. The fraction of sp³-hybridized carbons (Fsp3) is 0.167. The maximum absolute atomic E-state index is 6.16. The van der Waals surface area contributed by atoms with Crippen LogP contribution in [0.3, 0.4) is 0 Å². The van der Waals surface area contributed by atoms with Crippen LogP contribution in [0.1, 0.15) is 0 Å². The molecule has 4 rings (SSSR count). The molecule has 0 saturated carbocycles. The van der Waals surface area contributed by atoms with Crippen LogP contribution in [0.2, 0.25) is 0 Å². The molecule has 25 heavy (non-hydrogen) atoms. The lowest BCUT2D eigenvalue weighted by molar-refractivity contribution is 0.171. The van der Waals surface area contributed by atoms with Gasteiger partial charge in [-0.15, -0.1) is 0 Å². The Morgan fingerprint density at radius 1 is 1.04 bits per heavy atom. The summed E-state index contributed by atoms with van der Waals surface area (Å²) in [5.74, 6) is 2.99. The summed E-state index contributed by atoms with van der Waals surface area (Å²) >= 11 is 0. The van der Waals surface area contributed by atoms with Gasteiger partial charge >= 0.3 is 0 Å². The predicted molar refractivity (Wildman–Crippen MR) is 91.0 cm³/mol. The van der Waals surface area contributed by atoms with Crippen molar-refractivity contribution in [3.05, 3.63) is 36.5 Å². The molecule has 1 aromatic heterocycles. The number of methoxy groups -OCH3 is 2. The third-order valence-corrected chi connectivity index (χ3v) is 4.04. The predicted octanol–water partition coefficient (Wildman–Crippen LogP) is 3.34. The number of nitrogen functional groups attached to an aromatic ring is 1. The number of rotatable bonds is 4. The fourth-order valence-corrected chi connectivity index (χ4v) is 2.81. The number of anilines is 1. The fourth-order valence-electron chi connectivity index (χ4n) is 2.81. The molecule has 0 atom stereocenters. The number of hydrogen-bond acceptors (Lipinski definition) is 7. The molecule has 2 N–H and O–H groups in total. The van der Waals surface area contributed by atoms with Crippen molar-refractivity contribution in [1.82, 2.24) is 5.16 Å². The molecule has 2 heterocycles. The number of hydrogen-bond donors (Lipinski definition) is 1. The van der Waals surface area contributed by atoms with Gasteiger partial charge in [0.15, 0.2) is 17.3 Å². The van der Waals surface area contributed by atoms with Crippen LogP contribution in [0.15, 0.2) is 41.1 Å². The Kier molecular flexibility index (Phi) is 3.61. The van der Waals surface area contributed by atoms with Crippen molar-refractivity contribution >= 4 is 5.69 Å². The summed E-state index contributed by atoms with van der Waals surface area (Å²) in [4.78, 5) is 0. The third-order valence-electron chi connectivity index (χ3n) is 4.04. The van der Waals surface area contributed by atoms with Gasteiger partial charge in [-0.3, -0.25) is 0 Å². The second-order valence-corrected chi connectivity index (χ2v) is 5.43. The Bertz CT molecular complexity index is 935. The summed E-state index contributed by atoms with van der Waals surface area (Å²) in [6.45, 7) is 0.157. The number of fused-ring (bicyclic) bond motifs is 1. The first-order valence-electron chi connectivity index (χ1n) is 7.58. The lowest BCUT2D eigenvalue weighted by Gasteiger charge is -2.09. The van der Waals surface area contributed by atoms with Gasteiger partial charge in [0, 0.05) is 22.9 Å². The Balaban J connectivity index is 1.83. The van der Waals surface area contributed by atoms with Crippen molar-refractivity contribution < 1.29 is 23.5 Å². The summed E-state index contributed by atoms with van der Waals surface area (Å²) in [6, 6.07) is 9.11. The first-order chi connectivity index (χ1) is 12.2. The van der Waals surface area contributed by atoms with Crippen LogP contribution in [0, 0.1) is 0 Å². The molecule has 128 valence electrons. The van der Waals surface area contributed by atoms with E-state index in [0.29, 0.717) is 34.4 Å². The van der Waals surface area contributed by atoms with Gasteiger partial charge in [-0.2, -0.15) is 0 Å². The maximum Gasteiger partial charge on any atom is 0.231 e. The molecule has 0 spiro atoms. The summed E-state index contributed by atoms with van der Waals surface area (Å²) in [5.41, 5.74) is 9.05. The lowest BCUT2D eigenvalue weighted by atomic mass is 10.0. The number of aromatic nitrogens is 1. The number of benzene rings is 2. The number of ether oxygens (including phenoxy) is 4. The van der Waals surface area contributed by atoms with Gasteiger partial charge in [-0.1, -0.05) is 5.16 Å². The van der Waals surface area contributed by atoms with E-state index >= 15 is 0 Å². The zero-order valence-corrected chi connectivity index (χ0v) is 13.7. The van der Waals surface area contributed by atoms with Gasteiger partial charge in [0.2, 0.25) is 12.5 Å². The average molecular weight is 340 g/mol. The molecule has 0 fully saturated rings. The van der Waals surface area contributed by atoms with E-state index in [9.17, 15) is 0 Å². The molecule has 1 aliphatic rings. The van der Waals surface area contributed by atoms with Crippen LogP contribution >= 0.6 is 0 Å². The van der Waals surface area contributed by atoms with Gasteiger partial charge in [0.25, 0.3) is 0 Å². The summed E-state index contributed by atoms with van der Waals surface area (Å²) < 4.78 is 27.0. The van der Waals surface area contributed by atoms with Crippen molar-refractivity contribution in [2.75, 3.05) is 26.7 Å². The minimum absolute atomic E-state index is 0.157. The van der Waals surface area contributed by atoms with E-state index in [4.69, 9.17) is 29.2 Å². The molecule has 7 nitrogen and oxygen atoms in total. The minimum Gasteiger partial charge on any atom is -0.497 e. The van der Waals surface area contributed by atoms with E-state index < -0.39 is 0 Å². The topological polar surface area (TPSA) is 89.0 Å². The molecule has 7 heteroatoms. The summed E-state index contributed by atoms with van der Waals surface area (Å²) in [5, 5.41) is 3.93. The first-order valence-corrected chi connectivity index (χ1v) is 7.58. The van der Waals surface area contributed by atoms with Gasteiger partial charge in [0.1, 0.15) is 5.75 Å². The van der Waals surface area contributed by atoms with Crippen LogP contribution in [-0.4, -0.2) is 26.2 Å². The molecule has 0 amide bonds. The highest BCUT2D eigenvalue weighted by Crippen LogP contribution is 2.46. The van der Waals surface area contributed by atoms with Crippen LogP contribution in [0.4, 0.5) is 5.69 Å². The van der Waals surface area contributed by atoms with Crippen LogP contribution in [0.5, 0.6) is 23.0 Å². The van der Waals surface area contributed by atoms with Crippen molar-refractivity contribution in [2.24, 2.45) is 0 Å². The monoisotopic (exact) mass is 340 g/mol. The van der Waals surface area contributed by atoms with Crippen LogP contribution in [-0.2, 0) is 0 Å². The van der Waals surface area contributed by atoms with E-state index in [0.717, 1.165) is 16.7 Å². The first kappa shape index (κ1) is 15.2. The largest absolute Gasteiger partial charge is 0.497 e. The summed E-state index contributed by atoms with van der Waals surface area (Å²) in [6.07, 6.45) is 1.63. The normalized spacial score (nSPS) is 12.2. The van der Waals surface area contributed by atoms with Crippen molar-refractivity contribution in [3.63, 3.8) is 0 Å². The molecule has 0 bridgehead atoms. The molecule has 1 aliphatic heterocycles. The van der Waals surface area contributed by atoms with Gasteiger partial charge < -0.3 is 29.2 Å². The van der Waals surface area contributed by atoms with E-state index in [1.807, 2.05) is 24.3 Å². The van der Waals surface area contributed by atoms with Crippen LogP contribution < -0.4 is 24.7 Å². The Hall–Kier alpha value is -3.35. The van der Waals surface area contributed by atoms with Gasteiger partial charge in [-0.05, 0) is 24.3 Å². The Labute approximate surface area is 143 Å². The van der Waals surface area contributed by atoms with E-state index in [2.05, 4.69) is 5.16 Å². The Morgan fingerprint density at radius 3 is 2.68 bits per heavy atom. The molecule has 0 aliphatic carbocycles. The maximum atomic E-state index is 6.16. The average Bonchev–Trinajstić information content (AvgIpc) is 3.29. The highest BCUT2D eigenvalue weighted by Gasteiger charge is 2.24. The molecule has 2 aromatic carbocycles. The van der Waals surface area contributed by atoms with E-state index in [-0.39, 0.29) is 6.79 Å². The quantitative estimate of drug-likeness (QED) is 0.729. The standard InChI is InChI=1S/C18H16N2O5/c1-21-11-3-4-12(14(19)7-11)13-8-20-25-17(13)10-5-15(22-2)18-16(6-10)23-9-24-18/h3-8H,9,19H2,1-2H3. The molecular weight excluding hydrogens is 324 g/mol. The second-order valence-electron chi connectivity index (χ2n) is 5.43. The van der Waals surface area contributed by atoms with E-state index in [1.54, 1.807) is 26.5 Å². The minimum atomic E-state index is 0.157. The number of nitrogens with zero attached hydrogens (tertiary/aromatic N) is 1. The van der Waals surface area contributed by atoms with E-state index in [1.165, 1.54) is 0 Å². The third kappa shape index (κ3) is 2.50. The Morgan fingerprint density at radius 2 is 1.92 bits per heavy atom. The smallest absolute Gasteiger partial charge is 0.231 e. The molecule has 0 radical (unpaired) electrons. The zero-order valence-electron chi connectivity index (χ0n) is 13.7. The highest BCUT2D eigenvalue weighted by atomic mass is 16.7. The van der Waals surface area contributed by atoms with Gasteiger partial charge in [-0.25, -0.2) is 0 Å². The second kappa shape index (κ2) is 5.94. The van der Waals surface area contributed by atoms with Crippen molar-refractivity contribution in [1.29, 1.82) is 0 Å². The number of nitrogens with two attached hydrogens (primary N) is 1. The lowest BCUT2D eigenvalue weighted by Crippen LogP contribution is -1.93. The van der Waals surface area contributed by atoms with Crippen LogP contribution in [0.25, 0.3) is 22.5 Å². The van der Waals surface area contributed by atoms with Crippen molar-refractivity contribution in [2.45, 2.75) is 0 Å². The highest BCUT2D eigenvalue weighted by molar-refractivity contribution is 5.87. The zero-order chi connectivity index (χ0) is 17.4. The SMILES string of the molecule is COc1ccc(-c2cnoc2-c2cc(OC)c3c(c2)OCO3)c(N)c1. The molecular formula is C18H16N2O5. The van der Waals surface area contributed by atoms with Gasteiger partial charge in [0.05, 0.1) is 26.0 Å². The summed E-state index contributed by atoms with van der Waals surface area (Å²) in [7, 11) is 3.17. The molecule has 0 saturated heterocycles. The van der Waals surface area contributed by atoms with Crippen molar-refractivity contribution in [3.8, 4) is 45.4 Å². The molecule has 0 unspecified atom stereocenters.